The van der Waals surface area contributed by atoms with E-state index in [1.165, 1.54) is 0 Å². The molecule has 1 rings (SSSR count). The van der Waals surface area contributed by atoms with E-state index in [1.807, 2.05) is 48.5 Å². The van der Waals surface area contributed by atoms with Gasteiger partial charge in [0.05, 0.1) is 31.2 Å². The van der Waals surface area contributed by atoms with Gasteiger partial charge in [0.25, 0.3) is 0 Å². The zero-order valence-electron chi connectivity index (χ0n) is 26.9. The Hall–Kier alpha value is -3.49. The minimum Gasteiger partial charge on any atom is -0.470 e. The number of nitrogens with two attached hydrogens (primary N) is 2. The van der Waals surface area contributed by atoms with Crippen LogP contribution in [0.4, 0.5) is 15.3 Å². The van der Waals surface area contributed by atoms with E-state index in [-0.39, 0.29) is 37.3 Å². The third-order valence-electron chi connectivity index (χ3n) is 5.12. The Morgan fingerprint density at radius 1 is 1.05 bits per heavy atom. The molecular weight excluding hydrogens is 555 g/mol. The van der Waals surface area contributed by atoms with Crippen LogP contribution in [0.3, 0.4) is 0 Å². The summed E-state index contributed by atoms with van der Waals surface area (Å²) in [6.07, 6.45) is 1.89. The number of hydrogen-bond donors (Lipinski definition) is 6. The number of nitrogens with one attached hydrogen (secondary N) is 4. The fourth-order valence-electron chi connectivity index (χ4n) is 2.87. The summed E-state index contributed by atoms with van der Waals surface area (Å²) in [6.45, 7) is 14.6. The summed E-state index contributed by atoms with van der Waals surface area (Å²) in [4.78, 5) is 54.2. The normalized spacial score (nSPS) is 11.5. The van der Waals surface area contributed by atoms with Crippen LogP contribution in [0, 0.1) is 5.92 Å². The van der Waals surface area contributed by atoms with Gasteiger partial charge in [0, 0.05) is 17.8 Å². The number of benzene rings is 1. The average molecular weight is 607 g/mol. The molecule has 0 spiro atoms. The van der Waals surface area contributed by atoms with Crippen LogP contribution >= 0.6 is 0 Å². The molecule has 0 aliphatic rings. The maximum absolute atomic E-state index is 11.9. The lowest BCUT2D eigenvalue weighted by molar-refractivity contribution is -0.131. The van der Waals surface area contributed by atoms with Crippen molar-refractivity contribution in [2.75, 3.05) is 32.1 Å². The summed E-state index contributed by atoms with van der Waals surface area (Å²) < 4.78 is 10.3. The molecule has 0 saturated carbocycles. The van der Waals surface area contributed by atoms with Crippen molar-refractivity contribution in [2.45, 2.75) is 85.1 Å². The number of amides is 4. The monoisotopic (exact) mass is 606 g/mol. The van der Waals surface area contributed by atoms with Crippen molar-refractivity contribution in [3.05, 3.63) is 29.8 Å². The predicted octanol–water partition coefficient (Wildman–Crippen LogP) is 1.96. The minimum atomic E-state index is -0.809. The van der Waals surface area contributed by atoms with Crippen molar-refractivity contribution in [2.24, 2.45) is 17.4 Å². The van der Waals surface area contributed by atoms with E-state index in [2.05, 4.69) is 26.0 Å². The molecule has 0 aliphatic carbocycles. The maximum atomic E-state index is 11.9. The molecule has 0 aromatic heterocycles. The van der Waals surface area contributed by atoms with Gasteiger partial charge in [0.2, 0.25) is 25.5 Å². The summed E-state index contributed by atoms with van der Waals surface area (Å²) in [5.74, 6) is -1.04. The van der Waals surface area contributed by atoms with E-state index in [0.717, 1.165) is 18.3 Å². The number of ether oxygens (including phenoxy) is 2. The SMILES string of the molecule is CC(C)C(C=O)NC(=O)CC(C)(C)OCC(C)(C)N.CCCNC(N)=O.[B]C(=O)OCc1ccc(NC(=O)CNC)cc1. The average Bonchev–Trinajstić information content (AvgIpc) is 2.89. The van der Waals surface area contributed by atoms with Crippen LogP contribution in [0.2, 0.25) is 0 Å². The van der Waals surface area contributed by atoms with E-state index in [0.29, 0.717) is 18.8 Å². The van der Waals surface area contributed by atoms with Gasteiger partial charge in [-0.2, -0.15) is 0 Å². The highest BCUT2D eigenvalue weighted by atomic mass is 16.5. The van der Waals surface area contributed by atoms with Crippen LogP contribution in [-0.4, -0.2) is 81.8 Å². The Bertz CT molecular complexity index is 983. The third kappa shape index (κ3) is 25.9. The first kappa shape index (κ1) is 41.6. The molecule has 1 unspecified atom stereocenters. The molecular formula is C29H51BN6O7. The fraction of sp³-hybridized carbons (Fsp3) is 0.621. The molecule has 1 aromatic rings. The van der Waals surface area contributed by atoms with Gasteiger partial charge in [-0.1, -0.05) is 32.9 Å². The molecule has 0 aliphatic heterocycles. The van der Waals surface area contributed by atoms with Crippen molar-refractivity contribution in [1.82, 2.24) is 16.0 Å². The zero-order valence-corrected chi connectivity index (χ0v) is 26.9. The number of anilines is 1. The van der Waals surface area contributed by atoms with Crippen LogP contribution < -0.4 is 32.7 Å². The van der Waals surface area contributed by atoms with Crippen molar-refractivity contribution >= 4 is 43.5 Å². The van der Waals surface area contributed by atoms with Gasteiger partial charge in [0.15, 0.2) is 0 Å². The molecule has 0 bridgehead atoms. The standard InChI is InChI=1S/C14H28N2O3.C11H13BN2O3.C4H10N2O/c1-10(2)11(8-17)16-12(18)7-14(5,6)19-9-13(3,4)15;1-13-6-10(15)14-9-4-2-8(3-5-9)7-17-11(12)16;1-2-3-6-4(5)7/h8,10-11H,7,9,15H2,1-6H3,(H,16,18);2-5,13H,6-7H2,1H3,(H,14,15);2-3H2,1H3,(H3,5,6,7). The molecule has 4 amide bonds. The Balaban J connectivity index is 0. The highest BCUT2D eigenvalue weighted by Crippen LogP contribution is 2.17. The third-order valence-corrected chi connectivity index (χ3v) is 5.12. The minimum absolute atomic E-state index is 0.0773. The topological polar surface area (TPSA) is 204 Å². The highest BCUT2D eigenvalue weighted by molar-refractivity contribution is 6.55. The van der Waals surface area contributed by atoms with Gasteiger partial charge in [-0.3, -0.25) is 14.4 Å². The van der Waals surface area contributed by atoms with Crippen LogP contribution in [-0.2, 0) is 30.5 Å². The van der Waals surface area contributed by atoms with Crippen molar-refractivity contribution in [1.29, 1.82) is 0 Å². The van der Waals surface area contributed by atoms with Crippen LogP contribution in [0.5, 0.6) is 0 Å². The van der Waals surface area contributed by atoms with E-state index < -0.39 is 29.1 Å². The second-order valence-corrected chi connectivity index (χ2v) is 11.4. The first-order chi connectivity index (χ1) is 19.8. The molecule has 242 valence electrons. The van der Waals surface area contributed by atoms with E-state index in [4.69, 9.17) is 24.1 Å². The molecule has 43 heavy (non-hydrogen) atoms. The molecule has 1 atom stereocenters. The smallest absolute Gasteiger partial charge is 0.312 e. The van der Waals surface area contributed by atoms with Crippen molar-refractivity contribution in [3.63, 3.8) is 0 Å². The second kappa shape index (κ2) is 22.1. The van der Waals surface area contributed by atoms with E-state index >= 15 is 0 Å². The van der Waals surface area contributed by atoms with Gasteiger partial charge in [0.1, 0.15) is 12.9 Å². The summed E-state index contributed by atoms with van der Waals surface area (Å²) in [6, 6.07) is 6.06. The fourth-order valence-corrected chi connectivity index (χ4v) is 2.87. The van der Waals surface area contributed by atoms with Crippen molar-refractivity contribution in [3.8, 4) is 0 Å². The van der Waals surface area contributed by atoms with E-state index in [1.54, 1.807) is 31.3 Å². The second-order valence-electron chi connectivity index (χ2n) is 11.4. The lowest BCUT2D eigenvalue weighted by Crippen LogP contribution is -2.45. The molecule has 13 nitrogen and oxygen atoms in total. The van der Waals surface area contributed by atoms with Gasteiger partial charge < -0.3 is 47.0 Å². The number of primary amides is 1. The Morgan fingerprint density at radius 2 is 1.63 bits per heavy atom. The molecule has 0 fully saturated rings. The summed E-state index contributed by atoms with van der Waals surface area (Å²) >= 11 is 0. The lowest BCUT2D eigenvalue weighted by atomic mass is 10.0. The predicted molar refractivity (Wildman–Crippen MR) is 169 cm³/mol. The maximum Gasteiger partial charge on any atom is 0.312 e. The summed E-state index contributed by atoms with van der Waals surface area (Å²) in [5, 5.41) is 10.6. The molecule has 0 saturated heterocycles. The molecule has 2 radical (unpaired) electrons. The summed E-state index contributed by atoms with van der Waals surface area (Å²) in [5.41, 5.74) is 11.0. The number of likely N-dealkylation sites (N-methyl/N-ethyl adjacent to an activating group) is 1. The van der Waals surface area contributed by atoms with Gasteiger partial charge in [-0.25, -0.2) is 4.79 Å². The van der Waals surface area contributed by atoms with Gasteiger partial charge >= 0.3 is 6.03 Å². The largest absolute Gasteiger partial charge is 0.470 e. The quantitative estimate of drug-likeness (QED) is 0.127. The molecule has 1 aromatic carbocycles. The highest BCUT2D eigenvalue weighted by Gasteiger charge is 2.27. The Kier molecular flexibility index (Phi) is 21.4. The van der Waals surface area contributed by atoms with Crippen LogP contribution in [0.15, 0.2) is 24.3 Å². The number of rotatable bonds is 15. The number of hydrogen-bond acceptors (Lipinski definition) is 9. The number of urea groups is 1. The van der Waals surface area contributed by atoms with E-state index in [9.17, 15) is 24.0 Å². The number of carbonyl (C=O) groups excluding carboxylic acids is 5. The van der Waals surface area contributed by atoms with Crippen LogP contribution in [0.1, 0.15) is 66.9 Å². The first-order valence-corrected chi connectivity index (χ1v) is 14.0. The first-order valence-electron chi connectivity index (χ1n) is 14.0. The van der Waals surface area contributed by atoms with Gasteiger partial charge in [-0.15, -0.1) is 0 Å². The lowest BCUT2D eigenvalue weighted by Gasteiger charge is -2.30. The van der Waals surface area contributed by atoms with Crippen LogP contribution in [0.25, 0.3) is 0 Å². The number of carbonyl (C=O) groups is 5. The molecule has 14 heteroatoms. The Labute approximate surface area is 257 Å². The Morgan fingerprint density at radius 3 is 2.02 bits per heavy atom. The van der Waals surface area contributed by atoms with Crippen molar-refractivity contribution < 1.29 is 33.4 Å². The molecule has 8 N–H and O–H groups in total. The van der Waals surface area contributed by atoms with Gasteiger partial charge in [-0.05, 0) is 64.8 Å². The summed E-state index contributed by atoms with van der Waals surface area (Å²) in [7, 11) is 6.54. The zero-order chi connectivity index (χ0) is 33.6. The molecule has 0 heterocycles. The number of aldehydes is 1.